The zero-order valence-electron chi connectivity index (χ0n) is 10.5. The minimum Gasteiger partial charge on any atom is -0.444 e. The summed E-state index contributed by atoms with van der Waals surface area (Å²) in [5.74, 6) is 0. The third kappa shape index (κ3) is 7.48. The molecule has 5 nitrogen and oxygen atoms in total. The number of hydrogen-bond acceptors (Lipinski definition) is 4. The number of rotatable bonds is 5. The van der Waals surface area contributed by atoms with E-state index < -0.39 is 17.8 Å². The summed E-state index contributed by atoms with van der Waals surface area (Å²) in [6.45, 7) is 7.07. The first-order valence-corrected chi connectivity index (χ1v) is 5.54. The molecule has 0 rings (SSSR count). The third-order valence-electron chi connectivity index (χ3n) is 1.98. The summed E-state index contributed by atoms with van der Waals surface area (Å²) in [6, 6.07) is -0.388. The highest BCUT2D eigenvalue weighted by Crippen LogP contribution is 2.08. The van der Waals surface area contributed by atoms with Crippen LogP contribution in [0.1, 0.15) is 40.5 Å². The third-order valence-corrected chi connectivity index (χ3v) is 1.98. The Morgan fingerprint density at radius 2 is 2.00 bits per heavy atom. The van der Waals surface area contributed by atoms with Crippen LogP contribution in [0, 0.1) is 0 Å². The summed E-state index contributed by atoms with van der Waals surface area (Å²) in [4.78, 5) is 11.4. The molecule has 0 bridgehead atoms. The van der Waals surface area contributed by atoms with Crippen molar-refractivity contribution in [3.05, 3.63) is 0 Å². The van der Waals surface area contributed by atoms with Crippen molar-refractivity contribution in [2.75, 3.05) is 6.61 Å². The molecule has 0 spiro atoms. The molecule has 0 fully saturated rings. The van der Waals surface area contributed by atoms with Crippen LogP contribution in [-0.2, 0) is 4.74 Å². The summed E-state index contributed by atoms with van der Waals surface area (Å²) in [5.41, 5.74) is -0.542. The number of hydrogen-bond donors (Lipinski definition) is 3. The van der Waals surface area contributed by atoms with E-state index in [-0.39, 0.29) is 12.6 Å². The molecule has 16 heavy (non-hydrogen) atoms. The second-order valence-corrected chi connectivity index (χ2v) is 4.87. The largest absolute Gasteiger partial charge is 0.444 e. The van der Waals surface area contributed by atoms with Gasteiger partial charge in [0.05, 0.1) is 12.1 Å². The van der Waals surface area contributed by atoms with Crippen LogP contribution in [-0.4, -0.2) is 40.7 Å². The van der Waals surface area contributed by atoms with Crippen LogP contribution in [0.5, 0.6) is 0 Å². The van der Waals surface area contributed by atoms with Gasteiger partial charge in [-0.25, -0.2) is 4.79 Å². The van der Waals surface area contributed by atoms with Gasteiger partial charge in [-0.3, -0.25) is 0 Å². The molecule has 0 aromatic heterocycles. The molecule has 3 N–H and O–H groups in total. The lowest BCUT2D eigenvalue weighted by Gasteiger charge is -2.24. The lowest BCUT2D eigenvalue weighted by molar-refractivity contribution is 0.0423. The lowest BCUT2D eigenvalue weighted by Crippen LogP contribution is -2.43. The summed E-state index contributed by atoms with van der Waals surface area (Å²) >= 11 is 0. The number of alkyl carbamates (subject to hydrolysis) is 1. The molecule has 1 amide bonds. The van der Waals surface area contributed by atoms with Gasteiger partial charge in [0, 0.05) is 6.61 Å². The Morgan fingerprint density at radius 3 is 2.44 bits per heavy atom. The van der Waals surface area contributed by atoms with E-state index in [0.29, 0.717) is 12.8 Å². The van der Waals surface area contributed by atoms with Crippen LogP contribution in [0.2, 0.25) is 0 Å². The Bertz CT molecular complexity index is 213. The molecular formula is C11H23NO4. The maximum Gasteiger partial charge on any atom is 0.407 e. The van der Waals surface area contributed by atoms with E-state index in [0.717, 1.165) is 0 Å². The van der Waals surface area contributed by atoms with E-state index >= 15 is 0 Å². The summed E-state index contributed by atoms with van der Waals surface area (Å²) in [5, 5.41) is 20.8. The highest BCUT2D eigenvalue weighted by Gasteiger charge is 2.20. The summed E-state index contributed by atoms with van der Waals surface area (Å²) < 4.78 is 5.05. The first-order chi connectivity index (χ1) is 7.26. The van der Waals surface area contributed by atoms with Crippen LogP contribution in [0.15, 0.2) is 0 Å². The minimum absolute atomic E-state index is 0.0379. The predicted octanol–water partition coefficient (Wildman–Crippen LogP) is 1.03. The van der Waals surface area contributed by atoms with Crippen molar-refractivity contribution in [1.82, 2.24) is 5.32 Å². The van der Waals surface area contributed by atoms with E-state index in [4.69, 9.17) is 9.84 Å². The van der Waals surface area contributed by atoms with Crippen molar-refractivity contribution in [2.24, 2.45) is 0 Å². The van der Waals surface area contributed by atoms with Gasteiger partial charge in [0.1, 0.15) is 5.60 Å². The average molecular weight is 233 g/mol. The molecule has 5 heteroatoms. The fourth-order valence-corrected chi connectivity index (χ4v) is 1.14. The first kappa shape index (κ1) is 15.2. The van der Waals surface area contributed by atoms with Gasteiger partial charge in [0.15, 0.2) is 0 Å². The number of amides is 1. The summed E-state index contributed by atoms with van der Waals surface area (Å²) in [7, 11) is 0. The molecule has 0 aliphatic rings. The molecule has 0 saturated heterocycles. The van der Waals surface area contributed by atoms with Crippen molar-refractivity contribution in [2.45, 2.75) is 58.3 Å². The normalized spacial score (nSPS) is 15.4. The number of carbonyl (C=O) groups excluding carboxylic acids is 1. The van der Waals surface area contributed by atoms with Crippen LogP contribution in [0.25, 0.3) is 0 Å². The molecule has 0 heterocycles. The Labute approximate surface area is 96.8 Å². The van der Waals surface area contributed by atoms with Crippen LogP contribution < -0.4 is 5.32 Å². The van der Waals surface area contributed by atoms with Crippen LogP contribution in [0.3, 0.4) is 0 Å². The van der Waals surface area contributed by atoms with Crippen molar-refractivity contribution >= 4 is 6.09 Å². The Morgan fingerprint density at radius 1 is 1.44 bits per heavy atom. The highest BCUT2D eigenvalue weighted by atomic mass is 16.6. The first-order valence-electron chi connectivity index (χ1n) is 5.54. The van der Waals surface area contributed by atoms with Crippen LogP contribution >= 0.6 is 0 Å². The van der Waals surface area contributed by atoms with Gasteiger partial charge in [0.2, 0.25) is 0 Å². The van der Waals surface area contributed by atoms with E-state index in [1.54, 1.807) is 27.7 Å². The quantitative estimate of drug-likeness (QED) is 0.662. The molecule has 0 saturated carbocycles. The molecule has 0 radical (unpaired) electrons. The monoisotopic (exact) mass is 233 g/mol. The smallest absolute Gasteiger partial charge is 0.407 e. The molecule has 1 unspecified atom stereocenters. The standard InChI is InChI=1S/C11H23NO4/c1-8(9(14)6-5-7-13)12-10(15)16-11(2,3)4/h8-9,13-14H,5-7H2,1-4H3,(H,12,15)/t8-,9?/m0/s1. The number of carbonyl (C=O) groups is 1. The summed E-state index contributed by atoms with van der Waals surface area (Å²) in [6.07, 6.45) is -0.239. The topological polar surface area (TPSA) is 78.8 Å². The Kier molecular flexibility index (Phi) is 6.36. The average Bonchev–Trinajstić information content (AvgIpc) is 2.10. The van der Waals surface area contributed by atoms with Gasteiger partial charge in [0.25, 0.3) is 0 Å². The SMILES string of the molecule is C[C@H](NC(=O)OC(C)(C)C)C(O)CCCO. The van der Waals surface area contributed by atoms with Gasteiger partial charge in [-0.2, -0.15) is 0 Å². The van der Waals surface area contributed by atoms with Crippen LogP contribution in [0.4, 0.5) is 4.79 Å². The Hall–Kier alpha value is -0.810. The highest BCUT2D eigenvalue weighted by molar-refractivity contribution is 5.68. The number of nitrogens with one attached hydrogen (secondary N) is 1. The zero-order valence-corrected chi connectivity index (χ0v) is 10.5. The van der Waals surface area contributed by atoms with E-state index in [1.807, 2.05) is 0 Å². The molecule has 2 atom stereocenters. The number of aliphatic hydroxyl groups excluding tert-OH is 2. The maximum absolute atomic E-state index is 11.4. The van der Waals surface area contributed by atoms with Gasteiger partial charge in [-0.05, 0) is 40.5 Å². The van der Waals surface area contributed by atoms with Crippen molar-refractivity contribution in [1.29, 1.82) is 0 Å². The number of ether oxygens (including phenoxy) is 1. The fraction of sp³-hybridized carbons (Fsp3) is 0.909. The van der Waals surface area contributed by atoms with E-state index in [1.165, 1.54) is 0 Å². The van der Waals surface area contributed by atoms with E-state index in [2.05, 4.69) is 5.32 Å². The van der Waals surface area contributed by atoms with E-state index in [9.17, 15) is 9.90 Å². The fourth-order valence-electron chi connectivity index (χ4n) is 1.14. The minimum atomic E-state index is -0.667. The lowest BCUT2D eigenvalue weighted by atomic mass is 10.1. The number of aliphatic hydroxyl groups is 2. The molecular weight excluding hydrogens is 210 g/mol. The molecule has 0 aromatic carbocycles. The molecule has 0 aliphatic heterocycles. The zero-order chi connectivity index (χ0) is 12.8. The maximum atomic E-state index is 11.4. The molecule has 96 valence electrons. The van der Waals surface area contributed by atoms with Gasteiger partial charge in [-0.1, -0.05) is 0 Å². The van der Waals surface area contributed by atoms with Crippen molar-refractivity contribution < 1.29 is 19.7 Å². The van der Waals surface area contributed by atoms with Gasteiger partial charge < -0.3 is 20.3 Å². The van der Waals surface area contributed by atoms with Crippen molar-refractivity contribution in [3.63, 3.8) is 0 Å². The molecule has 0 aromatic rings. The van der Waals surface area contributed by atoms with Gasteiger partial charge in [-0.15, -0.1) is 0 Å². The second kappa shape index (κ2) is 6.70. The predicted molar refractivity (Wildman–Crippen MR) is 61.2 cm³/mol. The van der Waals surface area contributed by atoms with Crippen molar-refractivity contribution in [3.8, 4) is 0 Å². The molecule has 0 aliphatic carbocycles. The Balaban J connectivity index is 3.94. The van der Waals surface area contributed by atoms with Gasteiger partial charge >= 0.3 is 6.09 Å². The second-order valence-electron chi connectivity index (χ2n) is 4.87.